The zero-order chi connectivity index (χ0) is 22.0. The largest absolute Gasteiger partial charge is 0.304 e. The number of para-hydroxylation sites is 1. The summed E-state index contributed by atoms with van der Waals surface area (Å²) in [5.41, 5.74) is 1.86. The first kappa shape index (κ1) is 21.1. The fourth-order valence-corrected chi connectivity index (χ4v) is 5.18. The van der Waals surface area contributed by atoms with Crippen LogP contribution in [0.2, 0.25) is 5.02 Å². The van der Waals surface area contributed by atoms with Crippen LogP contribution in [0.5, 0.6) is 0 Å². The van der Waals surface area contributed by atoms with Crippen LogP contribution in [0.1, 0.15) is 22.3 Å². The first-order chi connectivity index (χ1) is 14.9. The lowest BCUT2D eigenvalue weighted by molar-refractivity contribution is -0.116. The molecule has 0 aromatic heterocycles. The zero-order valence-corrected chi connectivity index (χ0v) is 18.0. The molecule has 1 saturated heterocycles. The smallest absolute Gasteiger partial charge is 0.258 e. The quantitative estimate of drug-likeness (QED) is 0.577. The lowest BCUT2D eigenvalue weighted by Gasteiger charge is -2.24. The third-order valence-electron chi connectivity index (χ3n) is 4.99. The van der Waals surface area contributed by atoms with E-state index in [1.807, 2.05) is 60.7 Å². The molecule has 3 aromatic rings. The second-order valence-electron chi connectivity index (χ2n) is 7.10. The lowest BCUT2D eigenvalue weighted by atomic mass is 10.1. The number of amides is 2. The molecule has 0 bridgehead atoms. The van der Waals surface area contributed by atoms with E-state index in [-0.39, 0.29) is 34.4 Å². The van der Waals surface area contributed by atoms with Crippen LogP contribution in [0.3, 0.4) is 0 Å². The molecule has 2 amide bonds. The Hall–Kier alpha value is -3.16. The lowest BCUT2D eigenvalue weighted by Crippen LogP contribution is -2.32. The highest BCUT2D eigenvalue weighted by Crippen LogP contribution is 2.33. The van der Waals surface area contributed by atoms with Gasteiger partial charge in [-0.3, -0.25) is 9.59 Å². The molecule has 3 aromatic carbocycles. The second kappa shape index (κ2) is 8.53. The molecular formula is C23H19ClN2O4S. The molecular weight excluding hydrogens is 436 g/mol. The number of hydrogen-bond donors (Lipinski definition) is 0. The van der Waals surface area contributed by atoms with Crippen LogP contribution in [-0.4, -0.2) is 26.0 Å². The number of nitrogens with zero attached hydrogens (tertiary/aromatic N) is 2. The molecule has 31 heavy (non-hydrogen) atoms. The minimum absolute atomic E-state index is 0.00254. The van der Waals surface area contributed by atoms with Crippen molar-refractivity contribution in [2.75, 3.05) is 15.0 Å². The van der Waals surface area contributed by atoms with Crippen molar-refractivity contribution >= 4 is 44.8 Å². The number of hydrogen-bond acceptors (Lipinski definition) is 4. The van der Waals surface area contributed by atoms with Gasteiger partial charge in [0, 0.05) is 17.7 Å². The van der Waals surface area contributed by atoms with Crippen molar-refractivity contribution in [3.63, 3.8) is 0 Å². The Morgan fingerprint density at radius 1 is 0.968 bits per heavy atom. The van der Waals surface area contributed by atoms with Gasteiger partial charge in [-0.05, 0) is 35.9 Å². The topological polar surface area (TPSA) is 74.8 Å². The van der Waals surface area contributed by atoms with Gasteiger partial charge in [0.15, 0.2) is 0 Å². The molecule has 0 spiro atoms. The standard InChI is InChI=1S/C23H19ClN2O4S/c24-20-12-11-18(15-21(20)26-22(27)13-14-31(26,29)30)23(28)25(19-9-5-2-6-10-19)16-17-7-3-1-4-8-17/h1-12,15H,13-14,16H2. The Morgan fingerprint density at radius 3 is 2.23 bits per heavy atom. The molecule has 1 aliphatic heterocycles. The highest BCUT2D eigenvalue weighted by Gasteiger charge is 2.37. The minimum Gasteiger partial charge on any atom is -0.304 e. The molecule has 8 heteroatoms. The van der Waals surface area contributed by atoms with Gasteiger partial charge in [0.2, 0.25) is 15.9 Å². The van der Waals surface area contributed by atoms with E-state index in [0.717, 1.165) is 5.56 Å². The number of carbonyl (C=O) groups excluding carboxylic acids is 2. The minimum atomic E-state index is -3.80. The van der Waals surface area contributed by atoms with Gasteiger partial charge >= 0.3 is 0 Å². The fraction of sp³-hybridized carbons (Fsp3) is 0.130. The Kier molecular flexibility index (Phi) is 5.80. The summed E-state index contributed by atoms with van der Waals surface area (Å²) in [6.45, 7) is 0.322. The summed E-state index contributed by atoms with van der Waals surface area (Å²) in [7, 11) is -3.80. The summed E-state index contributed by atoms with van der Waals surface area (Å²) in [5.74, 6) is -1.17. The molecule has 0 aliphatic carbocycles. The summed E-state index contributed by atoms with van der Waals surface area (Å²) in [4.78, 5) is 27.3. The van der Waals surface area contributed by atoms with Crippen LogP contribution in [0.15, 0.2) is 78.9 Å². The maximum absolute atomic E-state index is 13.5. The van der Waals surface area contributed by atoms with Gasteiger partial charge in [-0.2, -0.15) is 0 Å². The average molecular weight is 455 g/mol. The summed E-state index contributed by atoms with van der Waals surface area (Å²) in [6.07, 6.45) is -0.110. The normalized spacial score (nSPS) is 15.1. The fourth-order valence-electron chi connectivity index (χ4n) is 3.46. The Labute approximate surface area is 185 Å². The number of benzene rings is 3. The van der Waals surface area contributed by atoms with Gasteiger partial charge in [-0.25, -0.2) is 12.7 Å². The highest BCUT2D eigenvalue weighted by atomic mass is 35.5. The molecule has 1 aliphatic rings. The SMILES string of the molecule is O=C(c1ccc(Cl)c(N2C(=O)CCS2(=O)=O)c1)N(Cc1ccccc1)c1ccccc1. The summed E-state index contributed by atoms with van der Waals surface area (Å²) < 4.78 is 25.4. The van der Waals surface area contributed by atoms with E-state index in [2.05, 4.69) is 0 Å². The first-order valence-electron chi connectivity index (χ1n) is 9.63. The van der Waals surface area contributed by atoms with E-state index in [1.54, 1.807) is 4.90 Å². The zero-order valence-electron chi connectivity index (χ0n) is 16.4. The van der Waals surface area contributed by atoms with Crippen LogP contribution >= 0.6 is 11.6 Å². The van der Waals surface area contributed by atoms with E-state index in [1.165, 1.54) is 18.2 Å². The maximum atomic E-state index is 13.5. The van der Waals surface area contributed by atoms with E-state index in [9.17, 15) is 18.0 Å². The molecule has 0 saturated carbocycles. The monoisotopic (exact) mass is 454 g/mol. The number of rotatable bonds is 5. The van der Waals surface area contributed by atoms with Crippen molar-refractivity contribution in [2.45, 2.75) is 13.0 Å². The molecule has 0 unspecified atom stereocenters. The van der Waals surface area contributed by atoms with Crippen molar-refractivity contribution in [2.24, 2.45) is 0 Å². The van der Waals surface area contributed by atoms with Gasteiger partial charge in [0.25, 0.3) is 5.91 Å². The molecule has 6 nitrogen and oxygen atoms in total. The predicted molar refractivity (Wildman–Crippen MR) is 121 cm³/mol. The molecule has 0 radical (unpaired) electrons. The second-order valence-corrected chi connectivity index (χ2v) is 9.45. The van der Waals surface area contributed by atoms with Gasteiger partial charge in [-0.15, -0.1) is 0 Å². The van der Waals surface area contributed by atoms with E-state index in [4.69, 9.17) is 11.6 Å². The molecule has 1 heterocycles. The Balaban J connectivity index is 1.75. The van der Waals surface area contributed by atoms with Crippen molar-refractivity contribution < 1.29 is 18.0 Å². The molecule has 0 N–H and O–H groups in total. The molecule has 4 rings (SSSR count). The van der Waals surface area contributed by atoms with Gasteiger partial charge < -0.3 is 4.90 Å². The van der Waals surface area contributed by atoms with Crippen molar-refractivity contribution in [3.05, 3.63) is 95.0 Å². The third-order valence-corrected chi connectivity index (χ3v) is 6.98. The van der Waals surface area contributed by atoms with Crippen LogP contribution < -0.4 is 9.21 Å². The van der Waals surface area contributed by atoms with Gasteiger partial charge in [0.1, 0.15) is 0 Å². The van der Waals surface area contributed by atoms with Crippen molar-refractivity contribution in [3.8, 4) is 0 Å². The molecule has 0 atom stereocenters. The highest BCUT2D eigenvalue weighted by molar-refractivity contribution is 7.94. The summed E-state index contributed by atoms with van der Waals surface area (Å²) >= 11 is 6.22. The Morgan fingerprint density at radius 2 is 1.61 bits per heavy atom. The van der Waals surface area contributed by atoms with Crippen LogP contribution in [0.25, 0.3) is 0 Å². The molecule has 158 valence electrons. The maximum Gasteiger partial charge on any atom is 0.258 e. The van der Waals surface area contributed by atoms with Crippen molar-refractivity contribution in [1.29, 1.82) is 0 Å². The predicted octanol–water partition coefficient (Wildman–Crippen LogP) is 4.25. The molecule has 1 fully saturated rings. The average Bonchev–Trinajstić information content (AvgIpc) is 3.05. The Bertz CT molecular complexity index is 1230. The van der Waals surface area contributed by atoms with E-state index in [0.29, 0.717) is 16.5 Å². The third kappa shape index (κ3) is 4.33. The van der Waals surface area contributed by atoms with Gasteiger partial charge in [-0.1, -0.05) is 60.1 Å². The van der Waals surface area contributed by atoms with E-state index >= 15 is 0 Å². The number of carbonyl (C=O) groups is 2. The van der Waals surface area contributed by atoms with E-state index < -0.39 is 15.9 Å². The number of anilines is 2. The van der Waals surface area contributed by atoms with Crippen LogP contribution in [-0.2, 0) is 21.4 Å². The summed E-state index contributed by atoms with van der Waals surface area (Å²) in [6, 6.07) is 23.1. The van der Waals surface area contributed by atoms with Gasteiger partial charge in [0.05, 0.1) is 23.0 Å². The van der Waals surface area contributed by atoms with Crippen LogP contribution in [0, 0.1) is 0 Å². The summed E-state index contributed by atoms with van der Waals surface area (Å²) in [5, 5.41) is 0.0877. The van der Waals surface area contributed by atoms with Crippen molar-refractivity contribution in [1.82, 2.24) is 0 Å². The first-order valence-corrected chi connectivity index (χ1v) is 11.6. The number of sulfonamides is 1. The number of halogens is 1. The van der Waals surface area contributed by atoms with Crippen LogP contribution in [0.4, 0.5) is 11.4 Å².